The molecule has 0 bridgehead atoms. The summed E-state index contributed by atoms with van der Waals surface area (Å²) in [4.78, 5) is 12.5. The number of likely N-dealkylation sites (N-methyl/N-ethyl adjacent to an activating group) is 1. The van der Waals surface area contributed by atoms with Gasteiger partial charge in [0.15, 0.2) is 0 Å². The lowest BCUT2D eigenvalue weighted by molar-refractivity contribution is -0.150. The van der Waals surface area contributed by atoms with Crippen molar-refractivity contribution in [3.63, 3.8) is 0 Å². The highest BCUT2D eigenvalue weighted by atomic mass is 32.2. The van der Waals surface area contributed by atoms with Gasteiger partial charge in [-0.05, 0) is 31.0 Å². The van der Waals surface area contributed by atoms with Gasteiger partial charge in [-0.1, -0.05) is 12.1 Å². The van der Waals surface area contributed by atoms with Crippen molar-refractivity contribution >= 4 is 17.7 Å². The van der Waals surface area contributed by atoms with Crippen LogP contribution in [0.3, 0.4) is 0 Å². The monoisotopic (exact) mass is 267 g/mol. The third kappa shape index (κ3) is 2.13. The fourth-order valence-corrected chi connectivity index (χ4v) is 2.79. The number of rotatable bonds is 5. The number of carboxylic acid groups (broad SMARTS) is 1. The zero-order valence-electron chi connectivity index (χ0n) is 10.5. The maximum atomic E-state index is 11.3. The topological polar surface area (TPSA) is 58.6 Å². The van der Waals surface area contributed by atoms with E-state index in [1.54, 1.807) is 18.8 Å². The van der Waals surface area contributed by atoms with Crippen molar-refractivity contribution in [2.24, 2.45) is 0 Å². The zero-order valence-corrected chi connectivity index (χ0v) is 11.3. The molecule has 0 aliphatic carbocycles. The molecule has 18 heavy (non-hydrogen) atoms. The smallest absolute Gasteiger partial charge is 0.321 e. The van der Waals surface area contributed by atoms with E-state index < -0.39 is 17.4 Å². The molecule has 5 heteroatoms. The van der Waals surface area contributed by atoms with Gasteiger partial charge in [0.2, 0.25) is 0 Å². The maximum absolute atomic E-state index is 11.3. The molecule has 2 N–H and O–H groups in total. The highest BCUT2D eigenvalue weighted by Crippen LogP contribution is 2.36. The van der Waals surface area contributed by atoms with E-state index in [0.29, 0.717) is 13.2 Å². The molecule has 1 aromatic rings. The van der Waals surface area contributed by atoms with Crippen LogP contribution in [0.25, 0.3) is 0 Å². The van der Waals surface area contributed by atoms with Crippen molar-refractivity contribution in [1.29, 1.82) is 0 Å². The largest absolute Gasteiger partial charge is 0.480 e. The Hall–Kier alpha value is -1.04. The van der Waals surface area contributed by atoms with Crippen LogP contribution in [0.15, 0.2) is 29.2 Å². The molecule has 0 radical (unpaired) electrons. The summed E-state index contributed by atoms with van der Waals surface area (Å²) in [6.45, 7) is 0.896. The van der Waals surface area contributed by atoms with E-state index in [9.17, 15) is 9.90 Å². The van der Waals surface area contributed by atoms with Crippen LogP contribution in [0, 0.1) is 0 Å². The quantitative estimate of drug-likeness (QED) is 0.789. The summed E-state index contributed by atoms with van der Waals surface area (Å²) in [7, 11) is 1.68. The molecule has 1 atom stereocenters. The summed E-state index contributed by atoms with van der Waals surface area (Å²) in [5, 5.41) is 12.2. The van der Waals surface area contributed by atoms with Crippen LogP contribution >= 0.6 is 11.8 Å². The third-order valence-corrected chi connectivity index (χ3v) is 4.22. The lowest BCUT2D eigenvalue weighted by Crippen LogP contribution is -2.62. The average Bonchev–Trinajstić information content (AvgIpc) is 2.33. The van der Waals surface area contributed by atoms with E-state index in [4.69, 9.17) is 4.74 Å². The highest BCUT2D eigenvalue weighted by molar-refractivity contribution is 7.98. The number of nitrogens with one attached hydrogen (secondary N) is 1. The Balaban J connectivity index is 2.33. The predicted molar refractivity (Wildman–Crippen MR) is 71.2 cm³/mol. The zero-order chi connectivity index (χ0) is 13.2. The number of carbonyl (C=O) groups is 1. The van der Waals surface area contributed by atoms with Gasteiger partial charge in [-0.2, -0.15) is 0 Å². The lowest BCUT2D eigenvalue weighted by atomic mass is 9.72. The molecule has 1 aliphatic heterocycles. The second-order valence-corrected chi connectivity index (χ2v) is 5.32. The molecule has 1 unspecified atom stereocenters. The van der Waals surface area contributed by atoms with Gasteiger partial charge in [0.05, 0.1) is 18.6 Å². The first-order chi connectivity index (χ1) is 8.64. The fraction of sp³-hybridized carbons (Fsp3) is 0.462. The minimum absolute atomic E-state index is 0.447. The number of aliphatic carboxylic acids is 1. The van der Waals surface area contributed by atoms with Crippen molar-refractivity contribution < 1.29 is 14.6 Å². The summed E-state index contributed by atoms with van der Waals surface area (Å²) in [5.41, 5.74) is 0.575. The van der Waals surface area contributed by atoms with Crippen LogP contribution < -0.4 is 5.32 Å². The van der Waals surface area contributed by atoms with Gasteiger partial charge < -0.3 is 15.2 Å². The summed E-state index contributed by atoms with van der Waals surface area (Å²) in [6.07, 6.45) is 2.02. The molecule has 1 heterocycles. The average molecular weight is 267 g/mol. The molecule has 1 saturated heterocycles. The molecule has 0 aromatic heterocycles. The van der Waals surface area contributed by atoms with Crippen molar-refractivity contribution in [3.8, 4) is 0 Å². The van der Waals surface area contributed by atoms with E-state index in [2.05, 4.69) is 5.32 Å². The van der Waals surface area contributed by atoms with Crippen molar-refractivity contribution in [2.75, 3.05) is 26.5 Å². The van der Waals surface area contributed by atoms with Gasteiger partial charge in [0.25, 0.3) is 0 Å². The number of carboxylic acids is 1. The van der Waals surface area contributed by atoms with E-state index in [1.165, 1.54) is 4.90 Å². The Kier molecular flexibility index (Phi) is 3.94. The van der Waals surface area contributed by atoms with Crippen molar-refractivity contribution in [3.05, 3.63) is 29.8 Å². The van der Waals surface area contributed by atoms with Crippen LogP contribution in [0.4, 0.5) is 0 Å². The Labute approximate surface area is 111 Å². The first-order valence-electron chi connectivity index (χ1n) is 5.76. The molecule has 98 valence electrons. The van der Waals surface area contributed by atoms with Crippen LogP contribution in [0.2, 0.25) is 0 Å². The minimum atomic E-state index is -0.838. The minimum Gasteiger partial charge on any atom is -0.480 e. The second kappa shape index (κ2) is 5.30. The summed E-state index contributed by atoms with van der Waals surface area (Å²) in [6, 6.07) is 7.43. The van der Waals surface area contributed by atoms with Gasteiger partial charge in [-0.15, -0.1) is 11.8 Å². The number of hydrogen-bond acceptors (Lipinski definition) is 4. The van der Waals surface area contributed by atoms with Crippen LogP contribution in [-0.2, 0) is 14.9 Å². The first-order valence-corrected chi connectivity index (χ1v) is 6.99. The van der Waals surface area contributed by atoms with Crippen LogP contribution in [0.1, 0.15) is 5.56 Å². The Morgan fingerprint density at radius 3 is 2.39 bits per heavy atom. The molecule has 4 nitrogen and oxygen atoms in total. The van der Waals surface area contributed by atoms with Gasteiger partial charge in [0, 0.05) is 4.90 Å². The summed E-state index contributed by atoms with van der Waals surface area (Å²) >= 11 is 1.67. The predicted octanol–water partition coefficient (Wildman–Crippen LogP) is 1.35. The lowest BCUT2D eigenvalue weighted by Gasteiger charge is -2.45. The first kappa shape index (κ1) is 13.4. The van der Waals surface area contributed by atoms with E-state index in [1.807, 2.05) is 30.5 Å². The van der Waals surface area contributed by atoms with Gasteiger partial charge in [0.1, 0.15) is 6.04 Å². The van der Waals surface area contributed by atoms with E-state index in [0.717, 1.165) is 5.56 Å². The molecular weight excluding hydrogens is 250 g/mol. The molecule has 0 saturated carbocycles. The molecule has 1 aliphatic rings. The van der Waals surface area contributed by atoms with Gasteiger partial charge in [-0.25, -0.2) is 0 Å². The molecule has 2 rings (SSSR count). The van der Waals surface area contributed by atoms with Gasteiger partial charge in [-0.3, -0.25) is 4.79 Å². The van der Waals surface area contributed by atoms with Crippen molar-refractivity contribution in [1.82, 2.24) is 5.32 Å². The highest BCUT2D eigenvalue weighted by Gasteiger charge is 2.50. The normalized spacial score (nSPS) is 19.0. The van der Waals surface area contributed by atoms with Gasteiger partial charge >= 0.3 is 5.97 Å². The van der Waals surface area contributed by atoms with Crippen LogP contribution in [-0.4, -0.2) is 43.6 Å². The van der Waals surface area contributed by atoms with Crippen LogP contribution in [0.5, 0.6) is 0 Å². The molecular formula is C13H17NO3S. The summed E-state index contributed by atoms with van der Waals surface area (Å²) in [5.74, 6) is -0.838. The second-order valence-electron chi connectivity index (χ2n) is 4.44. The molecule has 1 fully saturated rings. The maximum Gasteiger partial charge on any atom is 0.321 e. The molecule has 0 spiro atoms. The Morgan fingerprint density at radius 1 is 1.44 bits per heavy atom. The Morgan fingerprint density at radius 2 is 2.06 bits per heavy atom. The number of ether oxygens (including phenoxy) is 1. The van der Waals surface area contributed by atoms with E-state index >= 15 is 0 Å². The van der Waals surface area contributed by atoms with Crippen molar-refractivity contribution in [2.45, 2.75) is 16.4 Å². The Bertz CT molecular complexity index is 428. The SMILES string of the molecule is CNC(C(=O)O)C1(c2ccc(SC)cc2)COC1. The standard InChI is InChI=1S/C13H17NO3S/c1-14-11(12(15)16)13(7-17-8-13)9-3-5-10(18-2)6-4-9/h3-6,11,14H,7-8H2,1-2H3,(H,15,16). The van der Waals surface area contributed by atoms with E-state index in [-0.39, 0.29) is 0 Å². The molecule has 1 aromatic carbocycles. The third-order valence-electron chi connectivity index (χ3n) is 3.47. The number of thioether (sulfide) groups is 1. The fourth-order valence-electron chi connectivity index (χ4n) is 2.38. The number of hydrogen-bond donors (Lipinski definition) is 2. The number of benzene rings is 1. The summed E-state index contributed by atoms with van der Waals surface area (Å²) < 4.78 is 5.27. The molecule has 0 amide bonds.